The number of halogens is 1. The van der Waals surface area contributed by atoms with Crippen molar-refractivity contribution < 1.29 is 8.91 Å². The lowest BCUT2D eigenvalue weighted by Crippen LogP contribution is -1.90. The molecule has 0 unspecified atom stereocenters. The minimum absolute atomic E-state index is 0.0533. The zero-order valence-electron chi connectivity index (χ0n) is 10.8. The van der Waals surface area contributed by atoms with Crippen molar-refractivity contribution in [3.63, 3.8) is 0 Å². The summed E-state index contributed by atoms with van der Waals surface area (Å²) < 4.78 is 18.3. The van der Waals surface area contributed by atoms with Crippen LogP contribution in [0.4, 0.5) is 10.1 Å². The highest BCUT2D eigenvalue weighted by atomic mass is 19.1. The molecule has 4 nitrogen and oxygen atoms in total. The SMILES string of the molecule is Cc1ccc(-c2noc(-c3ccc(F)c(N)c3)n2)cc1. The Hall–Kier alpha value is -2.69. The summed E-state index contributed by atoms with van der Waals surface area (Å²) in [6.45, 7) is 2.01. The first kappa shape index (κ1) is 12.3. The Morgan fingerprint density at radius 1 is 1.05 bits per heavy atom. The van der Waals surface area contributed by atoms with Crippen LogP contribution in [0.1, 0.15) is 5.56 Å². The third-order valence-corrected chi connectivity index (χ3v) is 2.98. The molecule has 0 spiro atoms. The fourth-order valence-corrected chi connectivity index (χ4v) is 1.84. The smallest absolute Gasteiger partial charge is 0.258 e. The molecule has 1 aromatic heterocycles. The third-order valence-electron chi connectivity index (χ3n) is 2.98. The van der Waals surface area contributed by atoms with Gasteiger partial charge in [0.25, 0.3) is 5.89 Å². The normalized spacial score (nSPS) is 10.7. The summed E-state index contributed by atoms with van der Waals surface area (Å²) >= 11 is 0. The fraction of sp³-hybridized carbons (Fsp3) is 0.0667. The Bertz CT molecular complexity index is 750. The summed E-state index contributed by atoms with van der Waals surface area (Å²) in [6.07, 6.45) is 0. The third kappa shape index (κ3) is 2.25. The molecular formula is C15H12FN3O. The van der Waals surface area contributed by atoms with Gasteiger partial charge in [-0.3, -0.25) is 0 Å². The maximum Gasteiger partial charge on any atom is 0.258 e. The van der Waals surface area contributed by atoms with Crippen LogP contribution in [0.25, 0.3) is 22.8 Å². The van der Waals surface area contributed by atoms with Gasteiger partial charge in [-0.2, -0.15) is 4.98 Å². The van der Waals surface area contributed by atoms with Gasteiger partial charge in [0.1, 0.15) is 5.82 Å². The predicted octanol–water partition coefficient (Wildman–Crippen LogP) is 3.43. The summed E-state index contributed by atoms with van der Waals surface area (Å²) in [5.74, 6) is 0.335. The molecular weight excluding hydrogens is 257 g/mol. The first-order valence-electron chi connectivity index (χ1n) is 6.09. The number of nitrogens with two attached hydrogens (primary N) is 1. The van der Waals surface area contributed by atoms with Crippen molar-refractivity contribution in [2.45, 2.75) is 6.92 Å². The molecule has 20 heavy (non-hydrogen) atoms. The lowest BCUT2D eigenvalue weighted by atomic mass is 10.1. The highest BCUT2D eigenvalue weighted by molar-refractivity contribution is 5.63. The largest absolute Gasteiger partial charge is 0.396 e. The van der Waals surface area contributed by atoms with Crippen molar-refractivity contribution in [2.75, 3.05) is 5.73 Å². The molecule has 0 aliphatic carbocycles. The minimum Gasteiger partial charge on any atom is -0.396 e. The summed E-state index contributed by atoms with van der Waals surface area (Å²) in [7, 11) is 0. The standard InChI is InChI=1S/C15H12FN3O/c1-9-2-4-10(5-3-9)14-18-15(20-19-14)11-6-7-12(16)13(17)8-11/h2-8H,17H2,1H3. The Labute approximate surface area is 115 Å². The molecule has 100 valence electrons. The molecule has 0 aliphatic heterocycles. The monoisotopic (exact) mass is 269 g/mol. The van der Waals surface area contributed by atoms with Crippen LogP contribution >= 0.6 is 0 Å². The van der Waals surface area contributed by atoms with Crippen molar-refractivity contribution in [1.29, 1.82) is 0 Å². The minimum atomic E-state index is -0.466. The number of nitrogen functional groups attached to an aromatic ring is 1. The van der Waals surface area contributed by atoms with Crippen molar-refractivity contribution in [1.82, 2.24) is 10.1 Å². The molecule has 0 radical (unpaired) electrons. The van der Waals surface area contributed by atoms with Gasteiger partial charge in [-0.15, -0.1) is 0 Å². The molecule has 2 N–H and O–H groups in total. The van der Waals surface area contributed by atoms with Gasteiger partial charge < -0.3 is 10.3 Å². The predicted molar refractivity (Wildman–Crippen MR) is 74.3 cm³/mol. The van der Waals surface area contributed by atoms with E-state index in [0.29, 0.717) is 17.3 Å². The number of hydrogen-bond acceptors (Lipinski definition) is 4. The quantitative estimate of drug-likeness (QED) is 0.724. The summed E-state index contributed by atoms with van der Waals surface area (Å²) in [6, 6.07) is 12.1. The number of benzene rings is 2. The van der Waals surface area contributed by atoms with E-state index in [9.17, 15) is 4.39 Å². The molecule has 0 saturated heterocycles. The van der Waals surface area contributed by atoms with E-state index < -0.39 is 5.82 Å². The molecule has 0 atom stereocenters. The van der Waals surface area contributed by atoms with E-state index in [1.807, 2.05) is 31.2 Å². The van der Waals surface area contributed by atoms with E-state index in [2.05, 4.69) is 10.1 Å². The average Bonchev–Trinajstić information content (AvgIpc) is 2.92. The molecule has 0 aliphatic rings. The van der Waals surface area contributed by atoms with Gasteiger partial charge in [-0.25, -0.2) is 4.39 Å². The van der Waals surface area contributed by atoms with E-state index in [1.54, 1.807) is 6.07 Å². The van der Waals surface area contributed by atoms with Gasteiger partial charge in [0, 0.05) is 11.1 Å². The van der Waals surface area contributed by atoms with Crippen molar-refractivity contribution in [3.05, 3.63) is 53.8 Å². The van der Waals surface area contributed by atoms with Gasteiger partial charge in [-0.1, -0.05) is 35.0 Å². The first-order chi connectivity index (χ1) is 9.63. The van der Waals surface area contributed by atoms with Crippen molar-refractivity contribution >= 4 is 5.69 Å². The van der Waals surface area contributed by atoms with Crippen molar-refractivity contribution in [2.24, 2.45) is 0 Å². The first-order valence-corrected chi connectivity index (χ1v) is 6.09. The zero-order chi connectivity index (χ0) is 14.1. The van der Waals surface area contributed by atoms with Gasteiger partial charge in [0.15, 0.2) is 0 Å². The van der Waals surface area contributed by atoms with Gasteiger partial charge in [0.05, 0.1) is 5.69 Å². The molecule has 1 heterocycles. The Morgan fingerprint density at radius 2 is 1.75 bits per heavy atom. The van der Waals surface area contributed by atoms with E-state index in [4.69, 9.17) is 10.3 Å². The molecule has 0 fully saturated rings. The van der Waals surface area contributed by atoms with Gasteiger partial charge in [0.2, 0.25) is 5.82 Å². The highest BCUT2D eigenvalue weighted by Crippen LogP contribution is 2.24. The summed E-state index contributed by atoms with van der Waals surface area (Å²) in [5.41, 5.74) is 8.19. The highest BCUT2D eigenvalue weighted by Gasteiger charge is 2.11. The van der Waals surface area contributed by atoms with E-state index in [-0.39, 0.29) is 5.69 Å². The maximum absolute atomic E-state index is 13.1. The van der Waals surface area contributed by atoms with E-state index in [1.165, 1.54) is 12.1 Å². The maximum atomic E-state index is 13.1. The summed E-state index contributed by atoms with van der Waals surface area (Å²) in [5, 5.41) is 3.92. The van der Waals surface area contributed by atoms with Crippen LogP contribution < -0.4 is 5.73 Å². The summed E-state index contributed by atoms with van der Waals surface area (Å²) in [4.78, 5) is 4.30. The molecule has 2 aromatic carbocycles. The molecule has 0 bridgehead atoms. The van der Waals surface area contributed by atoms with Crippen molar-refractivity contribution in [3.8, 4) is 22.8 Å². The lowest BCUT2D eigenvalue weighted by Gasteiger charge is -1.98. The molecule has 3 aromatic rings. The van der Waals surface area contributed by atoms with Crippen LogP contribution in [0.3, 0.4) is 0 Å². The number of aryl methyl sites for hydroxylation is 1. The number of aromatic nitrogens is 2. The zero-order valence-corrected chi connectivity index (χ0v) is 10.8. The van der Waals surface area contributed by atoms with Crippen LogP contribution in [0.5, 0.6) is 0 Å². The van der Waals surface area contributed by atoms with Gasteiger partial charge in [-0.05, 0) is 25.1 Å². The van der Waals surface area contributed by atoms with Crippen LogP contribution in [0.2, 0.25) is 0 Å². The van der Waals surface area contributed by atoms with Gasteiger partial charge >= 0.3 is 0 Å². The average molecular weight is 269 g/mol. The Kier molecular flexibility index (Phi) is 2.95. The van der Waals surface area contributed by atoms with Crippen LogP contribution in [0, 0.1) is 12.7 Å². The molecule has 0 saturated carbocycles. The van der Waals surface area contributed by atoms with E-state index in [0.717, 1.165) is 11.1 Å². The second kappa shape index (κ2) is 4.77. The molecule has 5 heteroatoms. The number of rotatable bonds is 2. The Balaban J connectivity index is 1.97. The number of hydrogen-bond donors (Lipinski definition) is 1. The fourth-order valence-electron chi connectivity index (χ4n) is 1.84. The molecule has 0 amide bonds. The molecule has 3 rings (SSSR count). The van der Waals surface area contributed by atoms with Crippen LogP contribution in [-0.2, 0) is 0 Å². The second-order valence-corrected chi connectivity index (χ2v) is 4.53. The topological polar surface area (TPSA) is 64.9 Å². The second-order valence-electron chi connectivity index (χ2n) is 4.53. The number of anilines is 1. The lowest BCUT2D eigenvalue weighted by molar-refractivity contribution is 0.432. The van der Waals surface area contributed by atoms with Crippen LogP contribution in [-0.4, -0.2) is 10.1 Å². The van der Waals surface area contributed by atoms with E-state index >= 15 is 0 Å². The van der Waals surface area contributed by atoms with Crippen LogP contribution in [0.15, 0.2) is 47.0 Å². The Morgan fingerprint density at radius 3 is 2.45 bits per heavy atom. The number of nitrogens with zero attached hydrogens (tertiary/aromatic N) is 2.